The Morgan fingerprint density at radius 3 is 2.10 bits per heavy atom. The van der Waals surface area contributed by atoms with Crippen molar-refractivity contribution in [3.8, 4) is 0 Å². The van der Waals surface area contributed by atoms with Gasteiger partial charge < -0.3 is 4.74 Å². The van der Waals surface area contributed by atoms with Gasteiger partial charge in [-0.05, 0) is 56.3 Å². The summed E-state index contributed by atoms with van der Waals surface area (Å²) in [5.74, 6) is -1.67. The van der Waals surface area contributed by atoms with E-state index in [1.807, 2.05) is 0 Å². The van der Waals surface area contributed by atoms with Crippen molar-refractivity contribution in [1.29, 1.82) is 0 Å². The summed E-state index contributed by atoms with van der Waals surface area (Å²) in [7, 11) is -4.23. The van der Waals surface area contributed by atoms with Crippen molar-refractivity contribution in [2.24, 2.45) is 29.6 Å². The number of carbonyl (C=O) groups excluding carboxylic acids is 2. The molecule has 2 bridgehead atoms. The monoisotopic (exact) mass is 426 g/mol. The minimum atomic E-state index is -4.23. The second kappa shape index (κ2) is 8.66. The van der Waals surface area contributed by atoms with Gasteiger partial charge >= 0.3 is 5.97 Å². The third kappa shape index (κ3) is 4.55. The Hall–Kier alpha value is -0.950. The van der Waals surface area contributed by atoms with Crippen LogP contribution >= 0.6 is 0 Å². The van der Waals surface area contributed by atoms with Crippen LogP contribution in [-0.2, 0) is 24.4 Å². The van der Waals surface area contributed by atoms with E-state index in [4.69, 9.17) is 4.74 Å². The molecular formula is C22H34O6S. The molecule has 29 heavy (non-hydrogen) atoms. The fourth-order valence-corrected chi connectivity index (χ4v) is 7.88. The summed E-state index contributed by atoms with van der Waals surface area (Å²) in [6.45, 7) is 0. The van der Waals surface area contributed by atoms with Crippen LogP contribution in [-0.4, -0.2) is 36.1 Å². The number of carbonyl (C=O) groups is 2. The molecule has 5 unspecified atom stereocenters. The number of hydrogen-bond acceptors (Lipinski definition) is 5. The summed E-state index contributed by atoms with van der Waals surface area (Å²) >= 11 is 0. The van der Waals surface area contributed by atoms with Crippen molar-refractivity contribution in [2.45, 2.75) is 94.8 Å². The fourth-order valence-electron chi connectivity index (χ4n) is 6.67. The first-order valence-electron chi connectivity index (χ1n) is 11.5. The molecule has 0 amide bonds. The zero-order valence-corrected chi connectivity index (χ0v) is 17.9. The summed E-state index contributed by atoms with van der Waals surface area (Å²) in [5.41, 5.74) is 0. The lowest BCUT2D eigenvalue weighted by Gasteiger charge is -2.34. The number of ether oxygens (including phenoxy) is 1. The first-order valence-corrected chi connectivity index (χ1v) is 13.0. The Balaban J connectivity index is 1.51. The minimum Gasteiger partial charge on any atom is -0.462 e. The molecule has 0 aromatic rings. The van der Waals surface area contributed by atoms with Crippen LogP contribution in [0, 0.1) is 29.6 Å². The Morgan fingerprint density at radius 1 is 0.862 bits per heavy atom. The van der Waals surface area contributed by atoms with E-state index >= 15 is 0 Å². The third-order valence-electron chi connectivity index (χ3n) is 8.02. The zero-order valence-electron chi connectivity index (χ0n) is 17.1. The van der Waals surface area contributed by atoms with E-state index in [0.717, 1.165) is 57.8 Å². The van der Waals surface area contributed by atoms with Gasteiger partial charge in [-0.25, -0.2) is 0 Å². The van der Waals surface area contributed by atoms with E-state index in [2.05, 4.69) is 0 Å². The topological polar surface area (TPSA) is 97.7 Å². The second-order valence-corrected chi connectivity index (χ2v) is 11.5. The Labute approximate surface area is 173 Å². The van der Waals surface area contributed by atoms with Crippen molar-refractivity contribution in [1.82, 2.24) is 0 Å². The maximum absolute atomic E-state index is 13.2. The molecule has 0 radical (unpaired) electrons. The van der Waals surface area contributed by atoms with E-state index in [0.29, 0.717) is 18.8 Å². The number of rotatable bonds is 6. The standard InChI is InChI=1S/C22H34O6S/c23-18(11-14-7-3-1-4-8-14)20-15-12-17(19(13-15)29(25,26)27)21(20)22(24)28-16-9-5-2-6-10-16/h14-17,19-21H,1-13H2,(H,25,26,27). The molecule has 0 spiro atoms. The smallest absolute Gasteiger partial charge is 0.310 e. The van der Waals surface area contributed by atoms with Crippen LogP contribution in [0.3, 0.4) is 0 Å². The van der Waals surface area contributed by atoms with Crippen LogP contribution in [0.4, 0.5) is 0 Å². The molecule has 4 aliphatic rings. The molecule has 4 saturated carbocycles. The van der Waals surface area contributed by atoms with E-state index in [1.165, 1.54) is 6.42 Å². The van der Waals surface area contributed by atoms with Crippen molar-refractivity contribution in [3.63, 3.8) is 0 Å². The Morgan fingerprint density at radius 2 is 1.48 bits per heavy atom. The van der Waals surface area contributed by atoms with Gasteiger partial charge in [0.15, 0.2) is 0 Å². The molecular weight excluding hydrogens is 392 g/mol. The zero-order chi connectivity index (χ0) is 20.6. The lowest BCUT2D eigenvalue weighted by Crippen LogP contribution is -2.44. The lowest BCUT2D eigenvalue weighted by molar-refractivity contribution is -0.161. The van der Waals surface area contributed by atoms with Gasteiger partial charge in [0.1, 0.15) is 11.9 Å². The van der Waals surface area contributed by atoms with Crippen LogP contribution in [0.2, 0.25) is 0 Å². The molecule has 5 atom stereocenters. The van der Waals surface area contributed by atoms with Gasteiger partial charge in [-0.3, -0.25) is 14.1 Å². The first kappa shape index (κ1) is 21.3. The van der Waals surface area contributed by atoms with E-state index in [1.54, 1.807) is 0 Å². The van der Waals surface area contributed by atoms with Crippen LogP contribution in [0.25, 0.3) is 0 Å². The Bertz CT molecular complexity index is 720. The average molecular weight is 427 g/mol. The quantitative estimate of drug-likeness (QED) is 0.510. The van der Waals surface area contributed by atoms with Gasteiger partial charge in [-0.2, -0.15) is 8.42 Å². The van der Waals surface area contributed by atoms with E-state index in [9.17, 15) is 22.6 Å². The highest BCUT2D eigenvalue weighted by molar-refractivity contribution is 7.86. The summed E-state index contributed by atoms with van der Waals surface area (Å²) < 4.78 is 39.3. The van der Waals surface area contributed by atoms with Crippen LogP contribution in [0.5, 0.6) is 0 Å². The second-order valence-electron chi connectivity index (χ2n) is 9.87. The van der Waals surface area contributed by atoms with Crippen molar-refractivity contribution >= 4 is 21.9 Å². The maximum atomic E-state index is 13.2. The van der Waals surface area contributed by atoms with Gasteiger partial charge in [0.2, 0.25) is 0 Å². The summed E-state index contributed by atoms with van der Waals surface area (Å²) in [5, 5.41) is -0.935. The fraction of sp³-hybridized carbons (Fsp3) is 0.909. The molecule has 4 aliphatic carbocycles. The van der Waals surface area contributed by atoms with Gasteiger partial charge in [0.05, 0.1) is 11.2 Å². The predicted octanol–water partition coefficient (Wildman–Crippen LogP) is 3.93. The van der Waals surface area contributed by atoms with Gasteiger partial charge in [0, 0.05) is 12.3 Å². The largest absolute Gasteiger partial charge is 0.462 e. The van der Waals surface area contributed by atoms with E-state index < -0.39 is 39.1 Å². The molecule has 0 aromatic carbocycles. The molecule has 6 nitrogen and oxygen atoms in total. The highest BCUT2D eigenvalue weighted by atomic mass is 32.2. The molecule has 7 heteroatoms. The molecule has 0 heterocycles. The summed E-state index contributed by atoms with van der Waals surface area (Å²) in [6.07, 6.45) is 11.8. The normalized spacial score (nSPS) is 36.2. The van der Waals surface area contributed by atoms with Gasteiger partial charge in [0.25, 0.3) is 10.1 Å². The van der Waals surface area contributed by atoms with Crippen molar-refractivity contribution in [3.05, 3.63) is 0 Å². The van der Waals surface area contributed by atoms with Crippen LogP contribution < -0.4 is 0 Å². The number of hydrogen-bond donors (Lipinski definition) is 1. The average Bonchev–Trinajstić information content (AvgIpc) is 3.28. The van der Waals surface area contributed by atoms with Gasteiger partial charge in [-0.15, -0.1) is 0 Å². The summed E-state index contributed by atoms with van der Waals surface area (Å²) in [6, 6.07) is 0. The van der Waals surface area contributed by atoms with E-state index in [-0.39, 0.29) is 24.2 Å². The molecule has 1 N–H and O–H groups in total. The predicted molar refractivity (Wildman–Crippen MR) is 108 cm³/mol. The van der Waals surface area contributed by atoms with Gasteiger partial charge in [-0.1, -0.05) is 38.5 Å². The van der Waals surface area contributed by atoms with Crippen molar-refractivity contribution in [2.75, 3.05) is 0 Å². The highest BCUT2D eigenvalue weighted by Crippen LogP contribution is 2.55. The number of ketones is 1. The molecule has 4 rings (SSSR count). The third-order valence-corrected chi connectivity index (χ3v) is 9.33. The maximum Gasteiger partial charge on any atom is 0.310 e. The minimum absolute atomic E-state index is 0.115. The molecule has 0 saturated heterocycles. The van der Waals surface area contributed by atoms with Crippen molar-refractivity contribution < 1.29 is 27.3 Å². The molecule has 0 aliphatic heterocycles. The number of fused-ring (bicyclic) bond motifs is 2. The molecule has 164 valence electrons. The lowest BCUT2D eigenvalue weighted by atomic mass is 9.73. The van der Waals surface area contributed by atoms with Crippen LogP contribution in [0.1, 0.15) is 83.5 Å². The molecule has 4 fully saturated rings. The molecule has 0 aromatic heterocycles. The SMILES string of the molecule is O=C(CC1CCCCC1)C1C2CC(C1C(=O)OC1CCCCC1)C(S(=O)(=O)O)C2. The Kier molecular flexibility index (Phi) is 6.35. The highest BCUT2D eigenvalue weighted by Gasteiger charge is 2.61. The number of Topliss-reactive ketones (excluding diaryl/α,β-unsaturated/α-hetero) is 1. The first-order chi connectivity index (χ1) is 13.8. The number of esters is 1. The summed E-state index contributed by atoms with van der Waals surface area (Å²) in [4.78, 5) is 26.4. The van der Waals surface area contributed by atoms with Crippen LogP contribution in [0.15, 0.2) is 0 Å².